The Balaban J connectivity index is 1.61. The van der Waals surface area contributed by atoms with Crippen LogP contribution in [0.4, 0.5) is 4.39 Å². The first kappa shape index (κ1) is 21.1. The molecule has 0 spiro atoms. The van der Waals surface area contributed by atoms with Gasteiger partial charge in [-0.2, -0.15) is 0 Å². The van der Waals surface area contributed by atoms with E-state index in [0.29, 0.717) is 5.75 Å². The van der Waals surface area contributed by atoms with Crippen molar-refractivity contribution in [3.05, 3.63) is 101 Å². The Morgan fingerprint density at radius 2 is 1.69 bits per heavy atom. The molecule has 0 aliphatic carbocycles. The van der Waals surface area contributed by atoms with E-state index in [1.165, 1.54) is 17.2 Å². The molecule has 3 rings (SSSR count). The van der Waals surface area contributed by atoms with E-state index in [4.69, 9.17) is 16.3 Å². The van der Waals surface area contributed by atoms with Gasteiger partial charge in [0.2, 0.25) is 0 Å². The first-order valence-electron chi connectivity index (χ1n) is 9.86. The van der Waals surface area contributed by atoms with Crippen molar-refractivity contribution in [1.29, 1.82) is 0 Å². The zero-order valence-electron chi connectivity index (χ0n) is 16.9. The van der Waals surface area contributed by atoms with Gasteiger partial charge in [-0.15, -0.1) is 0 Å². The van der Waals surface area contributed by atoms with Crippen molar-refractivity contribution >= 4 is 17.7 Å². The molecule has 1 nitrogen and oxygen atoms in total. The lowest BCUT2D eigenvalue weighted by Gasteiger charge is -2.25. The van der Waals surface area contributed by atoms with Crippen LogP contribution in [-0.4, -0.2) is 0 Å². The van der Waals surface area contributed by atoms with Crippen LogP contribution in [0.25, 0.3) is 6.08 Å². The summed E-state index contributed by atoms with van der Waals surface area (Å²) in [7, 11) is 0. The largest absolute Gasteiger partial charge is 0.454 e. The van der Waals surface area contributed by atoms with Gasteiger partial charge in [0.1, 0.15) is 5.75 Å². The molecular weight excluding hydrogens is 383 g/mol. The molecule has 0 unspecified atom stereocenters. The van der Waals surface area contributed by atoms with Crippen molar-refractivity contribution < 1.29 is 9.13 Å². The molecule has 0 fully saturated rings. The minimum Gasteiger partial charge on any atom is -0.454 e. The molecule has 29 heavy (non-hydrogen) atoms. The van der Waals surface area contributed by atoms with E-state index in [1.807, 2.05) is 48.5 Å². The van der Waals surface area contributed by atoms with Gasteiger partial charge < -0.3 is 4.74 Å². The molecule has 0 saturated carbocycles. The fourth-order valence-corrected chi connectivity index (χ4v) is 3.54. The lowest BCUT2D eigenvalue weighted by Crippen LogP contribution is -2.17. The fourth-order valence-electron chi connectivity index (χ4n) is 3.39. The van der Waals surface area contributed by atoms with E-state index >= 15 is 0 Å². The Hall–Kier alpha value is -2.58. The second kappa shape index (κ2) is 9.76. The highest BCUT2D eigenvalue weighted by Crippen LogP contribution is 2.31. The van der Waals surface area contributed by atoms with Gasteiger partial charge in [0, 0.05) is 5.54 Å². The van der Waals surface area contributed by atoms with Crippen LogP contribution in [0.2, 0.25) is 0 Å². The number of aryl methyl sites for hydroxylation is 1. The first-order chi connectivity index (χ1) is 14.0. The summed E-state index contributed by atoms with van der Waals surface area (Å²) in [5, 5.41) is 0. The monoisotopic (exact) mass is 408 g/mol. The zero-order chi connectivity index (χ0) is 20.7. The van der Waals surface area contributed by atoms with Gasteiger partial charge in [0.15, 0.2) is 11.6 Å². The quantitative estimate of drug-likeness (QED) is 0.365. The summed E-state index contributed by atoms with van der Waals surface area (Å²) in [6.45, 7) is 4.52. The molecular formula is C26H26ClFO. The van der Waals surface area contributed by atoms with Gasteiger partial charge in [-0.25, -0.2) is 4.39 Å². The maximum atomic E-state index is 14.1. The van der Waals surface area contributed by atoms with E-state index < -0.39 is 0 Å². The van der Waals surface area contributed by atoms with Gasteiger partial charge in [-0.1, -0.05) is 74.0 Å². The third-order valence-corrected chi connectivity index (χ3v) is 5.31. The summed E-state index contributed by atoms with van der Waals surface area (Å²) in [6, 6.07) is 22.9. The van der Waals surface area contributed by atoms with Crippen LogP contribution >= 0.6 is 11.6 Å². The third kappa shape index (κ3) is 5.95. The summed E-state index contributed by atoms with van der Waals surface area (Å²) < 4.78 is 19.8. The van der Waals surface area contributed by atoms with Crippen LogP contribution in [0.3, 0.4) is 0 Å². The molecule has 3 heteroatoms. The molecule has 0 atom stereocenters. The van der Waals surface area contributed by atoms with Crippen molar-refractivity contribution in [1.82, 2.24) is 0 Å². The van der Waals surface area contributed by atoms with Gasteiger partial charge in [0.05, 0.1) is 0 Å². The van der Waals surface area contributed by atoms with Gasteiger partial charge >= 0.3 is 0 Å². The highest BCUT2D eigenvalue weighted by atomic mass is 35.5. The topological polar surface area (TPSA) is 9.23 Å². The number of rotatable bonds is 8. The number of halogens is 2. The number of hydrogen-bond donors (Lipinski definition) is 0. The van der Waals surface area contributed by atoms with E-state index in [9.17, 15) is 4.39 Å². The molecule has 150 valence electrons. The van der Waals surface area contributed by atoms with Gasteiger partial charge in [0.25, 0.3) is 0 Å². The molecule has 0 amide bonds. The summed E-state index contributed by atoms with van der Waals surface area (Å²) in [5.74, 6) is 0.567. The van der Waals surface area contributed by atoms with Crippen LogP contribution in [-0.2, 0) is 11.8 Å². The SMILES string of the molecule is CC(C)(CCCc1ccc(F)c(Oc2ccccc2)c1)c1ccc(C=CCl)cc1. The lowest BCUT2D eigenvalue weighted by atomic mass is 9.79. The molecule has 0 radical (unpaired) electrons. The molecule has 0 bridgehead atoms. The molecule has 0 N–H and O–H groups in total. The summed E-state index contributed by atoms with van der Waals surface area (Å²) in [6.07, 6.45) is 4.79. The van der Waals surface area contributed by atoms with Crippen molar-refractivity contribution in [2.75, 3.05) is 0 Å². The summed E-state index contributed by atoms with van der Waals surface area (Å²) in [5.41, 5.74) is 5.06. The van der Waals surface area contributed by atoms with E-state index in [1.54, 1.807) is 0 Å². The van der Waals surface area contributed by atoms with Crippen LogP contribution in [0.15, 0.2) is 78.3 Å². The highest BCUT2D eigenvalue weighted by Gasteiger charge is 2.20. The van der Waals surface area contributed by atoms with E-state index in [0.717, 1.165) is 30.4 Å². The normalized spacial score (nSPS) is 11.7. The van der Waals surface area contributed by atoms with Crippen molar-refractivity contribution in [2.24, 2.45) is 0 Å². The Labute approximate surface area is 177 Å². The van der Waals surface area contributed by atoms with Gasteiger partial charge in [-0.05, 0) is 71.7 Å². The average Bonchev–Trinajstić information content (AvgIpc) is 2.72. The molecule has 0 aliphatic heterocycles. The smallest absolute Gasteiger partial charge is 0.165 e. The van der Waals surface area contributed by atoms with Crippen LogP contribution < -0.4 is 4.74 Å². The fraction of sp³-hybridized carbons (Fsp3) is 0.231. The van der Waals surface area contributed by atoms with E-state index in [2.05, 4.69) is 38.1 Å². The Morgan fingerprint density at radius 3 is 2.38 bits per heavy atom. The Kier molecular flexibility index (Phi) is 7.11. The highest BCUT2D eigenvalue weighted by molar-refractivity contribution is 6.27. The number of para-hydroxylation sites is 1. The maximum absolute atomic E-state index is 14.1. The second-order valence-electron chi connectivity index (χ2n) is 7.83. The van der Waals surface area contributed by atoms with E-state index in [-0.39, 0.29) is 17.0 Å². The Morgan fingerprint density at radius 1 is 0.966 bits per heavy atom. The summed E-state index contributed by atoms with van der Waals surface area (Å²) >= 11 is 5.65. The number of ether oxygens (including phenoxy) is 1. The molecule has 3 aromatic rings. The molecule has 0 aliphatic rings. The predicted octanol–water partition coefficient (Wildman–Crippen LogP) is 8.13. The molecule has 0 saturated heterocycles. The standard InChI is InChI=1S/C26H26ClFO/c1-26(2,22-13-10-20(11-14-22)16-18-27)17-6-7-21-12-15-24(28)25(19-21)29-23-8-4-3-5-9-23/h3-5,8-16,18-19H,6-7,17H2,1-2H3. The minimum absolute atomic E-state index is 0.0621. The van der Waals surface area contributed by atoms with Gasteiger partial charge in [-0.3, -0.25) is 0 Å². The maximum Gasteiger partial charge on any atom is 0.165 e. The Bertz CT molecular complexity index is 946. The molecule has 3 aromatic carbocycles. The number of benzene rings is 3. The first-order valence-corrected chi connectivity index (χ1v) is 10.3. The average molecular weight is 409 g/mol. The second-order valence-corrected chi connectivity index (χ2v) is 8.08. The van der Waals surface area contributed by atoms with Crippen molar-refractivity contribution in [3.8, 4) is 11.5 Å². The number of hydrogen-bond acceptors (Lipinski definition) is 1. The molecule has 0 heterocycles. The molecule has 0 aromatic heterocycles. The summed E-state index contributed by atoms with van der Waals surface area (Å²) in [4.78, 5) is 0. The van der Waals surface area contributed by atoms with Crippen LogP contribution in [0.5, 0.6) is 11.5 Å². The van der Waals surface area contributed by atoms with Crippen LogP contribution in [0, 0.1) is 5.82 Å². The lowest BCUT2D eigenvalue weighted by molar-refractivity contribution is 0.439. The minimum atomic E-state index is -0.344. The predicted molar refractivity (Wildman–Crippen MR) is 120 cm³/mol. The van der Waals surface area contributed by atoms with Crippen molar-refractivity contribution in [2.45, 2.75) is 38.5 Å². The zero-order valence-corrected chi connectivity index (χ0v) is 17.6. The third-order valence-electron chi connectivity index (χ3n) is 5.18. The van der Waals surface area contributed by atoms with Crippen LogP contribution in [0.1, 0.15) is 43.4 Å². The van der Waals surface area contributed by atoms with Crippen molar-refractivity contribution in [3.63, 3.8) is 0 Å².